The fourth-order valence-electron chi connectivity index (χ4n) is 4.10. The van der Waals surface area contributed by atoms with Gasteiger partial charge in [0.15, 0.2) is 11.5 Å². The van der Waals surface area contributed by atoms with Crippen LogP contribution in [0, 0.1) is 5.92 Å². The first kappa shape index (κ1) is 21.2. The van der Waals surface area contributed by atoms with Crippen LogP contribution in [0.2, 0.25) is 0 Å². The number of aliphatic carboxylic acids is 1. The second kappa shape index (κ2) is 9.31. The monoisotopic (exact) mass is 397 g/mol. The smallest absolute Gasteiger partial charge is 0.306 e. The standard InChI is InChI=1S/C24H31NO4/c1-16(2)17-5-7-18(8-6-17)23(25-13-11-19(12-14-25)24(26)27)20-9-10-21(28-3)22(15-20)29-4/h5-10,15-16,19,23H,11-14H2,1-4H3,(H,26,27). The molecule has 1 atom stereocenters. The zero-order valence-electron chi connectivity index (χ0n) is 17.7. The van der Waals surface area contributed by atoms with Gasteiger partial charge in [-0.15, -0.1) is 0 Å². The van der Waals surface area contributed by atoms with Gasteiger partial charge in [0.1, 0.15) is 0 Å². The van der Waals surface area contributed by atoms with E-state index in [0.717, 1.165) is 18.7 Å². The van der Waals surface area contributed by atoms with Crippen molar-refractivity contribution in [1.82, 2.24) is 4.90 Å². The molecule has 2 aromatic carbocycles. The van der Waals surface area contributed by atoms with Gasteiger partial charge in [0.05, 0.1) is 26.2 Å². The molecular formula is C24H31NO4. The van der Waals surface area contributed by atoms with Crippen LogP contribution >= 0.6 is 0 Å². The average molecular weight is 398 g/mol. The predicted molar refractivity (Wildman–Crippen MR) is 114 cm³/mol. The first-order valence-corrected chi connectivity index (χ1v) is 10.2. The Bertz CT molecular complexity index is 823. The minimum atomic E-state index is -0.686. The molecule has 0 saturated carbocycles. The largest absolute Gasteiger partial charge is 0.493 e. The van der Waals surface area contributed by atoms with E-state index in [0.29, 0.717) is 30.3 Å². The van der Waals surface area contributed by atoms with Gasteiger partial charge in [-0.3, -0.25) is 9.69 Å². The van der Waals surface area contributed by atoms with Crippen molar-refractivity contribution in [2.45, 2.75) is 38.6 Å². The fourth-order valence-corrected chi connectivity index (χ4v) is 4.10. The van der Waals surface area contributed by atoms with Gasteiger partial charge in [-0.25, -0.2) is 0 Å². The molecule has 29 heavy (non-hydrogen) atoms. The summed E-state index contributed by atoms with van der Waals surface area (Å²) in [5, 5.41) is 9.36. The zero-order chi connectivity index (χ0) is 21.0. The number of piperidine rings is 1. The van der Waals surface area contributed by atoms with Crippen molar-refractivity contribution < 1.29 is 19.4 Å². The Kier molecular flexibility index (Phi) is 6.80. The van der Waals surface area contributed by atoms with Gasteiger partial charge >= 0.3 is 5.97 Å². The molecule has 0 aliphatic carbocycles. The van der Waals surface area contributed by atoms with Crippen molar-refractivity contribution in [1.29, 1.82) is 0 Å². The number of ether oxygens (including phenoxy) is 2. The van der Waals surface area contributed by atoms with Crippen LogP contribution in [0.1, 0.15) is 55.3 Å². The van der Waals surface area contributed by atoms with Crippen molar-refractivity contribution in [3.63, 3.8) is 0 Å². The molecule has 0 amide bonds. The maximum atomic E-state index is 11.4. The molecule has 2 aromatic rings. The van der Waals surface area contributed by atoms with Gasteiger partial charge in [0.2, 0.25) is 0 Å². The molecule has 156 valence electrons. The summed E-state index contributed by atoms with van der Waals surface area (Å²) in [5.41, 5.74) is 3.63. The zero-order valence-corrected chi connectivity index (χ0v) is 17.7. The quantitative estimate of drug-likeness (QED) is 0.733. The summed E-state index contributed by atoms with van der Waals surface area (Å²) in [6.45, 7) is 5.89. The summed E-state index contributed by atoms with van der Waals surface area (Å²) < 4.78 is 10.9. The molecule has 1 aliphatic heterocycles. The van der Waals surface area contributed by atoms with Crippen LogP contribution in [0.15, 0.2) is 42.5 Å². The number of carbonyl (C=O) groups is 1. The lowest BCUT2D eigenvalue weighted by atomic mass is 9.90. The molecule has 0 aromatic heterocycles. The van der Waals surface area contributed by atoms with Crippen LogP contribution in [-0.4, -0.2) is 43.3 Å². The Balaban J connectivity index is 1.97. The summed E-state index contributed by atoms with van der Waals surface area (Å²) in [6.07, 6.45) is 1.34. The molecule has 0 radical (unpaired) electrons. The highest BCUT2D eigenvalue weighted by Crippen LogP contribution is 2.37. The van der Waals surface area contributed by atoms with Crippen LogP contribution in [-0.2, 0) is 4.79 Å². The van der Waals surface area contributed by atoms with Gasteiger partial charge in [0.25, 0.3) is 0 Å². The van der Waals surface area contributed by atoms with E-state index < -0.39 is 5.97 Å². The molecule has 1 saturated heterocycles. The second-order valence-electron chi connectivity index (χ2n) is 7.99. The van der Waals surface area contributed by atoms with E-state index in [1.807, 2.05) is 12.1 Å². The Morgan fingerprint density at radius 3 is 2.00 bits per heavy atom. The molecule has 1 unspecified atom stereocenters. The van der Waals surface area contributed by atoms with Crippen molar-refractivity contribution >= 4 is 5.97 Å². The number of hydrogen-bond donors (Lipinski definition) is 1. The molecule has 1 aliphatic rings. The van der Waals surface area contributed by atoms with Crippen LogP contribution in [0.5, 0.6) is 11.5 Å². The lowest BCUT2D eigenvalue weighted by molar-refractivity contribution is -0.143. The van der Waals surface area contributed by atoms with E-state index >= 15 is 0 Å². The molecule has 1 heterocycles. The van der Waals surface area contributed by atoms with Crippen LogP contribution in [0.4, 0.5) is 0 Å². The third kappa shape index (κ3) is 4.73. The summed E-state index contributed by atoms with van der Waals surface area (Å²) in [5.74, 6) is 0.952. The number of rotatable bonds is 7. The van der Waals surface area contributed by atoms with E-state index in [4.69, 9.17) is 9.47 Å². The lowest BCUT2D eigenvalue weighted by Gasteiger charge is -2.37. The molecule has 5 nitrogen and oxygen atoms in total. The van der Waals surface area contributed by atoms with Gasteiger partial charge in [-0.2, -0.15) is 0 Å². The molecule has 1 fully saturated rings. The van der Waals surface area contributed by atoms with Crippen molar-refractivity contribution in [3.05, 3.63) is 59.2 Å². The number of likely N-dealkylation sites (tertiary alicyclic amines) is 1. The predicted octanol–water partition coefficient (Wildman–Crippen LogP) is 4.71. The Morgan fingerprint density at radius 2 is 1.48 bits per heavy atom. The van der Waals surface area contributed by atoms with Gasteiger partial charge in [-0.1, -0.05) is 44.2 Å². The van der Waals surface area contributed by atoms with Crippen molar-refractivity contribution in [2.75, 3.05) is 27.3 Å². The number of methoxy groups -OCH3 is 2. The summed E-state index contributed by atoms with van der Waals surface area (Å²) in [7, 11) is 3.28. The average Bonchev–Trinajstić information content (AvgIpc) is 2.74. The molecule has 5 heteroatoms. The SMILES string of the molecule is COc1ccc(C(c2ccc(C(C)C)cc2)N2CCC(C(=O)O)CC2)cc1OC. The van der Waals surface area contributed by atoms with E-state index in [1.54, 1.807) is 14.2 Å². The summed E-state index contributed by atoms with van der Waals surface area (Å²) >= 11 is 0. The first-order valence-electron chi connectivity index (χ1n) is 10.2. The van der Waals surface area contributed by atoms with Gasteiger partial charge in [-0.05, 0) is 60.7 Å². The Hall–Kier alpha value is -2.53. The van der Waals surface area contributed by atoms with Crippen molar-refractivity contribution in [3.8, 4) is 11.5 Å². The number of carboxylic acid groups (broad SMARTS) is 1. The molecule has 0 bridgehead atoms. The first-order chi connectivity index (χ1) is 13.9. The number of hydrogen-bond acceptors (Lipinski definition) is 4. The van der Waals surface area contributed by atoms with Gasteiger partial charge < -0.3 is 14.6 Å². The Morgan fingerprint density at radius 1 is 0.931 bits per heavy atom. The molecule has 1 N–H and O–H groups in total. The fraction of sp³-hybridized carbons (Fsp3) is 0.458. The lowest BCUT2D eigenvalue weighted by Crippen LogP contribution is -2.39. The molecular weight excluding hydrogens is 366 g/mol. The van der Waals surface area contributed by atoms with E-state index in [-0.39, 0.29) is 12.0 Å². The minimum Gasteiger partial charge on any atom is -0.493 e. The second-order valence-corrected chi connectivity index (χ2v) is 7.99. The number of nitrogens with zero attached hydrogens (tertiary/aromatic N) is 1. The topological polar surface area (TPSA) is 59.0 Å². The highest BCUT2D eigenvalue weighted by molar-refractivity contribution is 5.70. The maximum absolute atomic E-state index is 11.4. The molecule has 3 rings (SSSR count). The number of carboxylic acids is 1. The third-order valence-electron chi connectivity index (χ3n) is 5.89. The van der Waals surface area contributed by atoms with Crippen LogP contribution in [0.25, 0.3) is 0 Å². The summed E-state index contributed by atoms with van der Waals surface area (Å²) in [4.78, 5) is 13.8. The van der Waals surface area contributed by atoms with E-state index in [1.165, 1.54) is 11.1 Å². The van der Waals surface area contributed by atoms with Crippen molar-refractivity contribution in [2.24, 2.45) is 5.92 Å². The highest BCUT2D eigenvalue weighted by atomic mass is 16.5. The minimum absolute atomic E-state index is 0.0470. The maximum Gasteiger partial charge on any atom is 0.306 e. The summed E-state index contributed by atoms with van der Waals surface area (Å²) in [6, 6.07) is 14.9. The Labute approximate surface area is 173 Å². The van der Waals surface area contributed by atoms with Gasteiger partial charge in [0, 0.05) is 0 Å². The normalized spacial score (nSPS) is 16.6. The number of benzene rings is 2. The highest BCUT2D eigenvalue weighted by Gasteiger charge is 2.30. The van der Waals surface area contributed by atoms with E-state index in [9.17, 15) is 9.90 Å². The molecule has 0 spiro atoms. The van der Waals surface area contributed by atoms with Crippen LogP contribution < -0.4 is 9.47 Å². The van der Waals surface area contributed by atoms with Crippen LogP contribution in [0.3, 0.4) is 0 Å². The third-order valence-corrected chi connectivity index (χ3v) is 5.89. The van der Waals surface area contributed by atoms with E-state index in [2.05, 4.69) is 49.1 Å².